The fourth-order valence-corrected chi connectivity index (χ4v) is 3.02. The maximum atomic E-state index is 12.3. The van der Waals surface area contributed by atoms with Gasteiger partial charge in [-0.15, -0.1) is 0 Å². The molecule has 0 atom stereocenters. The molecule has 0 radical (unpaired) electrons. The molecular formula is C19H21ClN4O3. The van der Waals surface area contributed by atoms with E-state index in [4.69, 9.17) is 16.1 Å². The van der Waals surface area contributed by atoms with E-state index in [1.54, 1.807) is 42.2 Å². The van der Waals surface area contributed by atoms with Gasteiger partial charge in [-0.3, -0.25) is 14.5 Å². The Morgan fingerprint density at radius 3 is 2.70 bits per heavy atom. The van der Waals surface area contributed by atoms with Crippen LogP contribution in [0.15, 0.2) is 40.9 Å². The average molecular weight is 389 g/mol. The summed E-state index contributed by atoms with van der Waals surface area (Å²) in [7, 11) is 0. The highest BCUT2D eigenvalue weighted by Crippen LogP contribution is 2.12. The van der Waals surface area contributed by atoms with Gasteiger partial charge in [-0.25, -0.2) is 0 Å². The van der Waals surface area contributed by atoms with Crippen LogP contribution in [0.3, 0.4) is 0 Å². The molecule has 2 amide bonds. The van der Waals surface area contributed by atoms with Crippen molar-refractivity contribution in [3.8, 4) is 0 Å². The van der Waals surface area contributed by atoms with Crippen LogP contribution in [0.5, 0.6) is 0 Å². The maximum Gasteiger partial charge on any atom is 0.246 e. The lowest BCUT2D eigenvalue weighted by molar-refractivity contribution is -0.127. The quantitative estimate of drug-likeness (QED) is 0.796. The summed E-state index contributed by atoms with van der Waals surface area (Å²) in [4.78, 5) is 28.2. The van der Waals surface area contributed by atoms with E-state index in [1.807, 2.05) is 17.0 Å². The highest BCUT2D eigenvalue weighted by molar-refractivity contribution is 6.30. The number of piperazine rings is 1. The zero-order chi connectivity index (χ0) is 19.2. The molecule has 142 valence electrons. The summed E-state index contributed by atoms with van der Waals surface area (Å²) in [6, 6.07) is 9.00. The Balaban J connectivity index is 1.44. The fourth-order valence-electron chi connectivity index (χ4n) is 2.82. The summed E-state index contributed by atoms with van der Waals surface area (Å²) < 4.78 is 4.92. The van der Waals surface area contributed by atoms with E-state index in [0.29, 0.717) is 42.8 Å². The molecular weight excluding hydrogens is 368 g/mol. The van der Waals surface area contributed by atoms with Gasteiger partial charge in [0, 0.05) is 43.3 Å². The van der Waals surface area contributed by atoms with E-state index in [9.17, 15) is 9.59 Å². The van der Waals surface area contributed by atoms with Crippen LogP contribution in [0.1, 0.15) is 11.3 Å². The van der Waals surface area contributed by atoms with Crippen molar-refractivity contribution >= 4 is 35.3 Å². The number of hydrogen-bond acceptors (Lipinski definition) is 5. The molecule has 0 spiro atoms. The van der Waals surface area contributed by atoms with Crippen LogP contribution < -0.4 is 5.32 Å². The van der Waals surface area contributed by atoms with Gasteiger partial charge in [0.05, 0.1) is 6.54 Å². The van der Waals surface area contributed by atoms with Gasteiger partial charge in [-0.1, -0.05) is 28.9 Å². The molecule has 0 bridgehead atoms. The number of anilines is 1. The zero-order valence-electron chi connectivity index (χ0n) is 15.0. The number of rotatable bonds is 5. The number of benzene rings is 1. The van der Waals surface area contributed by atoms with Crippen LogP contribution in [0.25, 0.3) is 6.08 Å². The first kappa shape index (κ1) is 19.1. The second kappa shape index (κ2) is 8.83. The van der Waals surface area contributed by atoms with Gasteiger partial charge in [-0.05, 0) is 30.7 Å². The normalized spacial score (nSPS) is 15.3. The SMILES string of the molecule is Cc1cc(NC(=O)CN2CCN(C(=O)/C=C/c3cccc(Cl)c3)CC2)no1. The fraction of sp³-hybridized carbons (Fsp3) is 0.316. The van der Waals surface area contributed by atoms with Crippen molar-refractivity contribution < 1.29 is 14.1 Å². The molecule has 2 aromatic rings. The number of carbonyl (C=O) groups is 2. The highest BCUT2D eigenvalue weighted by atomic mass is 35.5. The van der Waals surface area contributed by atoms with Crippen molar-refractivity contribution in [2.45, 2.75) is 6.92 Å². The van der Waals surface area contributed by atoms with Crippen LogP contribution >= 0.6 is 11.6 Å². The van der Waals surface area contributed by atoms with Gasteiger partial charge in [0.2, 0.25) is 11.8 Å². The van der Waals surface area contributed by atoms with Crippen molar-refractivity contribution in [2.75, 3.05) is 38.0 Å². The predicted octanol–water partition coefficient (Wildman–Crippen LogP) is 2.43. The summed E-state index contributed by atoms with van der Waals surface area (Å²) in [6.07, 6.45) is 3.31. The van der Waals surface area contributed by atoms with Crippen molar-refractivity contribution in [2.24, 2.45) is 0 Å². The first-order valence-corrected chi connectivity index (χ1v) is 9.05. The number of nitrogens with zero attached hydrogens (tertiary/aromatic N) is 3. The Kier molecular flexibility index (Phi) is 6.26. The molecule has 1 aliphatic rings. The van der Waals surface area contributed by atoms with Crippen molar-refractivity contribution in [1.82, 2.24) is 15.0 Å². The standard InChI is InChI=1S/C19H21ClN4O3/c1-14-11-17(22-27-14)21-18(25)13-23-7-9-24(10-8-23)19(26)6-5-15-3-2-4-16(20)12-15/h2-6,11-12H,7-10,13H2,1H3,(H,21,22,25)/b6-5+. The molecule has 1 fully saturated rings. The van der Waals surface area contributed by atoms with Gasteiger partial charge < -0.3 is 14.7 Å². The van der Waals surface area contributed by atoms with Crippen LogP contribution in [0.4, 0.5) is 5.82 Å². The van der Waals surface area contributed by atoms with Gasteiger partial charge >= 0.3 is 0 Å². The van der Waals surface area contributed by atoms with Gasteiger partial charge in [0.15, 0.2) is 5.82 Å². The summed E-state index contributed by atoms with van der Waals surface area (Å²) in [5, 5.41) is 7.08. The summed E-state index contributed by atoms with van der Waals surface area (Å²) in [5.74, 6) is 0.863. The van der Waals surface area contributed by atoms with Crippen LogP contribution in [-0.4, -0.2) is 59.5 Å². The number of carbonyl (C=O) groups excluding carboxylic acids is 2. The maximum absolute atomic E-state index is 12.3. The number of halogens is 1. The van der Waals surface area contributed by atoms with E-state index < -0.39 is 0 Å². The third kappa shape index (κ3) is 5.67. The van der Waals surface area contributed by atoms with Gasteiger partial charge in [0.1, 0.15) is 5.76 Å². The Hall–Kier alpha value is -2.64. The molecule has 1 N–H and O–H groups in total. The molecule has 1 saturated heterocycles. The lowest BCUT2D eigenvalue weighted by atomic mass is 10.2. The summed E-state index contributed by atoms with van der Waals surface area (Å²) >= 11 is 5.94. The van der Waals surface area contributed by atoms with Crippen LogP contribution in [0.2, 0.25) is 5.02 Å². The van der Waals surface area contributed by atoms with E-state index in [2.05, 4.69) is 10.5 Å². The molecule has 7 nitrogen and oxygen atoms in total. The monoisotopic (exact) mass is 388 g/mol. The highest BCUT2D eigenvalue weighted by Gasteiger charge is 2.21. The number of nitrogens with one attached hydrogen (secondary N) is 1. The molecule has 2 heterocycles. The number of hydrogen-bond donors (Lipinski definition) is 1. The van der Waals surface area contributed by atoms with Crippen molar-refractivity contribution in [3.63, 3.8) is 0 Å². The van der Waals surface area contributed by atoms with Gasteiger partial charge in [0.25, 0.3) is 0 Å². The van der Waals surface area contributed by atoms with E-state index in [-0.39, 0.29) is 18.4 Å². The molecule has 1 aliphatic heterocycles. The summed E-state index contributed by atoms with van der Waals surface area (Å²) in [5.41, 5.74) is 0.884. The second-order valence-corrected chi connectivity index (χ2v) is 6.80. The van der Waals surface area contributed by atoms with Crippen molar-refractivity contribution in [1.29, 1.82) is 0 Å². The van der Waals surface area contributed by atoms with E-state index in [0.717, 1.165) is 5.56 Å². The third-order valence-corrected chi connectivity index (χ3v) is 4.45. The minimum atomic E-state index is -0.149. The smallest absolute Gasteiger partial charge is 0.246 e. The third-order valence-electron chi connectivity index (χ3n) is 4.21. The molecule has 0 aliphatic carbocycles. The second-order valence-electron chi connectivity index (χ2n) is 6.36. The van der Waals surface area contributed by atoms with Crippen LogP contribution in [-0.2, 0) is 9.59 Å². The van der Waals surface area contributed by atoms with Crippen molar-refractivity contribution in [3.05, 3.63) is 52.8 Å². The number of amides is 2. The Labute approximate surface area is 162 Å². The Morgan fingerprint density at radius 2 is 2.04 bits per heavy atom. The predicted molar refractivity (Wildman–Crippen MR) is 103 cm³/mol. The molecule has 8 heteroatoms. The van der Waals surface area contributed by atoms with E-state index >= 15 is 0 Å². The molecule has 27 heavy (non-hydrogen) atoms. The van der Waals surface area contributed by atoms with E-state index in [1.165, 1.54) is 0 Å². The lowest BCUT2D eigenvalue weighted by Gasteiger charge is -2.33. The molecule has 3 rings (SSSR count). The molecule has 1 aromatic heterocycles. The Bertz CT molecular complexity index is 841. The molecule has 0 saturated carbocycles. The Morgan fingerprint density at radius 1 is 1.26 bits per heavy atom. The zero-order valence-corrected chi connectivity index (χ0v) is 15.8. The van der Waals surface area contributed by atoms with Crippen LogP contribution in [0, 0.1) is 6.92 Å². The molecule has 0 unspecified atom stereocenters. The first-order valence-electron chi connectivity index (χ1n) is 8.68. The summed E-state index contributed by atoms with van der Waals surface area (Å²) in [6.45, 7) is 4.46. The van der Waals surface area contributed by atoms with Gasteiger partial charge in [-0.2, -0.15) is 0 Å². The average Bonchev–Trinajstić information content (AvgIpc) is 3.05. The largest absolute Gasteiger partial charge is 0.360 e. The first-order chi connectivity index (χ1) is 13.0. The number of aryl methyl sites for hydroxylation is 1. The minimum Gasteiger partial charge on any atom is -0.360 e. The minimum absolute atomic E-state index is 0.0443. The number of aromatic nitrogens is 1. The molecule has 1 aromatic carbocycles. The lowest BCUT2D eigenvalue weighted by Crippen LogP contribution is -2.50. The topological polar surface area (TPSA) is 78.7 Å².